The van der Waals surface area contributed by atoms with Gasteiger partial charge in [0.05, 0.1) is 18.6 Å². The fourth-order valence-electron chi connectivity index (χ4n) is 1.13. The van der Waals surface area contributed by atoms with Crippen molar-refractivity contribution in [2.45, 2.75) is 19.4 Å². The molecule has 1 amide bonds. The third kappa shape index (κ3) is 3.60. The molecule has 7 heteroatoms. The Morgan fingerprint density at radius 1 is 1.69 bits per heavy atom. The van der Waals surface area contributed by atoms with Crippen LogP contribution in [0.15, 0.2) is 12.5 Å². The lowest BCUT2D eigenvalue weighted by Gasteiger charge is -2.12. The van der Waals surface area contributed by atoms with Gasteiger partial charge in [0.2, 0.25) is 0 Å². The molecule has 0 spiro atoms. The summed E-state index contributed by atoms with van der Waals surface area (Å²) in [5.41, 5.74) is 0.559. The lowest BCUT2D eigenvalue weighted by atomic mass is 10.2. The smallest absolute Gasteiger partial charge is 0.407 e. The molecule has 0 saturated carbocycles. The number of nitrogens with one attached hydrogen (secondary N) is 2. The first kappa shape index (κ1) is 12.0. The highest BCUT2D eigenvalue weighted by atomic mass is 16.5. The van der Waals surface area contributed by atoms with Crippen LogP contribution < -0.4 is 5.32 Å². The molecule has 1 atom stereocenters. The second-order valence-corrected chi connectivity index (χ2v) is 3.02. The molecule has 16 heavy (non-hydrogen) atoms. The summed E-state index contributed by atoms with van der Waals surface area (Å²) in [5.74, 6) is -1.13. The largest absolute Gasteiger partial charge is 0.480 e. The maximum Gasteiger partial charge on any atom is 0.407 e. The van der Waals surface area contributed by atoms with Crippen LogP contribution in [0.3, 0.4) is 0 Å². The number of amides is 1. The summed E-state index contributed by atoms with van der Waals surface area (Å²) < 4.78 is 4.60. The van der Waals surface area contributed by atoms with Crippen LogP contribution in [-0.4, -0.2) is 39.8 Å². The highest BCUT2D eigenvalue weighted by Crippen LogP contribution is 1.99. The van der Waals surface area contributed by atoms with Crippen molar-refractivity contribution in [1.82, 2.24) is 15.3 Å². The van der Waals surface area contributed by atoms with E-state index in [1.807, 2.05) is 0 Å². The maximum atomic E-state index is 11.1. The average Bonchev–Trinajstić information content (AvgIpc) is 2.69. The zero-order chi connectivity index (χ0) is 12.0. The number of hydrogen-bond donors (Lipinski definition) is 3. The Kier molecular flexibility index (Phi) is 4.31. The van der Waals surface area contributed by atoms with E-state index in [0.717, 1.165) is 0 Å². The van der Waals surface area contributed by atoms with E-state index >= 15 is 0 Å². The van der Waals surface area contributed by atoms with Gasteiger partial charge < -0.3 is 20.1 Å². The summed E-state index contributed by atoms with van der Waals surface area (Å²) in [6.07, 6.45) is 2.38. The summed E-state index contributed by atoms with van der Waals surface area (Å²) in [6.45, 7) is 1.84. The first-order valence-electron chi connectivity index (χ1n) is 4.77. The van der Waals surface area contributed by atoms with E-state index in [2.05, 4.69) is 20.0 Å². The topological polar surface area (TPSA) is 104 Å². The number of nitrogens with zero attached hydrogens (tertiary/aromatic N) is 1. The number of aromatic amines is 1. The minimum atomic E-state index is -1.13. The highest BCUT2D eigenvalue weighted by molar-refractivity contribution is 5.80. The van der Waals surface area contributed by atoms with E-state index in [0.29, 0.717) is 5.69 Å². The van der Waals surface area contributed by atoms with Crippen molar-refractivity contribution in [3.63, 3.8) is 0 Å². The lowest BCUT2D eigenvalue weighted by molar-refractivity contribution is -0.139. The molecule has 0 aliphatic rings. The molecule has 1 rings (SSSR count). The van der Waals surface area contributed by atoms with E-state index in [-0.39, 0.29) is 13.0 Å². The number of H-pyrrole nitrogens is 1. The van der Waals surface area contributed by atoms with E-state index in [9.17, 15) is 9.59 Å². The Labute approximate surface area is 91.8 Å². The summed E-state index contributed by atoms with van der Waals surface area (Å²) in [7, 11) is 0. The summed E-state index contributed by atoms with van der Waals surface area (Å²) in [6, 6.07) is -1.04. The van der Waals surface area contributed by atoms with Gasteiger partial charge in [-0.2, -0.15) is 0 Å². The van der Waals surface area contributed by atoms with Gasteiger partial charge in [0, 0.05) is 12.6 Å². The van der Waals surface area contributed by atoms with Gasteiger partial charge in [-0.3, -0.25) is 0 Å². The standard InChI is InChI=1S/C9H13N3O4/c1-2-16-9(15)12-7(8(13)14)3-6-4-10-5-11-6/h4-5,7H,2-3H2,1H3,(H,10,11)(H,12,15)(H,13,14)/t7-/m0/s1. The Bertz CT molecular complexity index is 350. The van der Waals surface area contributed by atoms with Crippen LogP contribution in [0.25, 0.3) is 0 Å². The van der Waals surface area contributed by atoms with Gasteiger partial charge >= 0.3 is 12.1 Å². The Balaban J connectivity index is 2.54. The number of carbonyl (C=O) groups is 2. The van der Waals surface area contributed by atoms with Crippen LogP contribution in [-0.2, 0) is 16.0 Å². The van der Waals surface area contributed by atoms with Crippen LogP contribution in [0, 0.1) is 0 Å². The van der Waals surface area contributed by atoms with Crippen molar-refractivity contribution in [3.8, 4) is 0 Å². The number of aliphatic carboxylic acids is 1. The molecule has 0 saturated heterocycles. The van der Waals surface area contributed by atoms with Crippen molar-refractivity contribution in [2.24, 2.45) is 0 Å². The molecule has 1 heterocycles. The molecule has 1 aromatic heterocycles. The highest BCUT2D eigenvalue weighted by Gasteiger charge is 2.21. The molecular formula is C9H13N3O4. The van der Waals surface area contributed by atoms with Crippen molar-refractivity contribution >= 4 is 12.1 Å². The predicted octanol–water partition coefficient (Wildman–Crippen LogP) is 0.151. The molecule has 0 aliphatic heterocycles. The van der Waals surface area contributed by atoms with Crippen LogP contribution >= 0.6 is 0 Å². The Morgan fingerprint density at radius 3 is 2.94 bits per heavy atom. The van der Waals surface area contributed by atoms with Gasteiger partial charge in [-0.05, 0) is 6.92 Å². The van der Waals surface area contributed by atoms with Crippen molar-refractivity contribution in [3.05, 3.63) is 18.2 Å². The van der Waals surface area contributed by atoms with Gasteiger partial charge in [-0.1, -0.05) is 0 Å². The molecule has 1 aromatic rings. The minimum absolute atomic E-state index is 0.109. The van der Waals surface area contributed by atoms with Gasteiger partial charge in [0.1, 0.15) is 6.04 Å². The predicted molar refractivity (Wildman–Crippen MR) is 53.9 cm³/mol. The van der Waals surface area contributed by atoms with Crippen LogP contribution in [0.1, 0.15) is 12.6 Å². The maximum absolute atomic E-state index is 11.1. The van der Waals surface area contributed by atoms with E-state index in [1.54, 1.807) is 13.1 Å². The molecule has 0 fully saturated rings. The van der Waals surface area contributed by atoms with Gasteiger partial charge in [-0.25, -0.2) is 14.6 Å². The minimum Gasteiger partial charge on any atom is -0.480 e. The van der Waals surface area contributed by atoms with Crippen LogP contribution in [0.4, 0.5) is 4.79 Å². The average molecular weight is 227 g/mol. The van der Waals surface area contributed by atoms with E-state index < -0.39 is 18.1 Å². The second-order valence-electron chi connectivity index (χ2n) is 3.02. The summed E-state index contributed by atoms with van der Waals surface area (Å²) >= 11 is 0. The molecule has 0 aliphatic carbocycles. The SMILES string of the molecule is CCOC(=O)N[C@@H](Cc1c[nH]cn1)C(=O)O. The fraction of sp³-hybridized carbons (Fsp3) is 0.444. The third-order valence-corrected chi connectivity index (χ3v) is 1.83. The molecule has 0 bridgehead atoms. The molecular weight excluding hydrogens is 214 g/mol. The first-order chi connectivity index (χ1) is 7.63. The Hall–Kier alpha value is -2.05. The molecule has 0 aromatic carbocycles. The van der Waals surface area contributed by atoms with Gasteiger partial charge in [0.15, 0.2) is 0 Å². The number of carbonyl (C=O) groups excluding carboxylic acids is 1. The zero-order valence-corrected chi connectivity index (χ0v) is 8.77. The number of carboxylic acid groups (broad SMARTS) is 1. The van der Waals surface area contributed by atoms with Crippen molar-refractivity contribution in [1.29, 1.82) is 0 Å². The third-order valence-electron chi connectivity index (χ3n) is 1.83. The first-order valence-corrected chi connectivity index (χ1v) is 4.77. The summed E-state index contributed by atoms with van der Waals surface area (Å²) in [5, 5.41) is 11.1. The number of imidazole rings is 1. The van der Waals surface area contributed by atoms with Crippen molar-refractivity contribution in [2.75, 3.05) is 6.61 Å². The number of aromatic nitrogens is 2. The molecule has 7 nitrogen and oxygen atoms in total. The lowest BCUT2D eigenvalue weighted by Crippen LogP contribution is -2.42. The normalized spacial score (nSPS) is 11.8. The number of alkyl carbamates (subject to hydrolysis) is 1. The number of ether oxygens (including phenoxy) is 1. The monoisotopic (exact) mass is 227 g/mol. The number of hydrogen-bond acceptors (Lipinski definition) is 4. The Morgan fingerprint density at radius 2 is 2.44 bits per heavy atom. The zero-order valence-electron chi connectivity index (χ0n) is 8.77. The summed E-state index contributed by atoms with van der Waals surface area (Å²) in [4.78, 5) is 28.5. The molecule has 3 N–H and O–H groups in total. The van der Waals surface area contributed by atoms with E-state index in [1.165, 1.54) is 6.33 Å². The fourth-order valence-corrected chi connectivity index (χ4v) is 1.13. The molecule has 0 radical (unpaired) electrons. The van der Waals surface area contributed by atoms with Gasteiger partial charge in [-0.15, -0.1) is 0 Å². The van der Waals surface area contributed by atoms with Crippen LogP contribution in [0.2, 0.25) is 0 Å². The quantitative estimate of drug-likeness (QED) is 0.664. The molecule has 88 valence electrons. The van der Waals surface area contributed by atoms with Gasteiger partial charge in [0.25, 0.3) is 0 Å². The van der Waals surface area contributed by atoms with Crippen LogP contribution in [0.5, 0.6) is 0 Å². The number of carboxylic acids is 1. The van der Waals surface area contributed by atoms with Crippen molar-refractivity contribution < 1.29 is 19.4 Å². The van der Waals surface area contributed by atoms with E-state index in [4.69, 9.17) is 5.11 Å². The molecule has 0 unspecified atom stereocenters. The number of rotatable bonds is 5. The second kappa shape index (κ2) is 5.74.